The third-order valence-corrected chi connectivity index (χ3v) is 3.63. The molecule has 20 heavy (non-hydrogen) atoms. The molecule has 0 aliphatic heterocycles. The highest BCUT2D eigenvalue weighted by Gasteiger charge is 2.05. The standard InChI is InChI=1S/C16H23N3O/c1-3-19(4-2)10-9-18-16(20)12-13-5-6-14-7-8-17-15(14)11-13/h5-8,11,17H,3-4,9-10,12H2,1-2H3,(H,18,20). The van der Waals surface area contributed by atoms with Crippen LogP contribution in [0.5, 0.6) is 0 Å². The molecule has 0 saturated heterocycles. The van der Waals surface area contributed by atoms with E-state index in [9.17, 15) is 4.79 Å². The van der Waals surface area contributed by atoms with Crippen LogP contribution in [0.2, 0.25) is 0 Å². The number of H-pyrrole nitrogens is 1. The van der Waals surface area contributed by atoms with Gasteiger partial charge in [-0.3, -0.25) is 4.79 Å². The summed E-state index contributed by atoms with van der Waals surface area (Å²) < 4.78 is 0. The lowest BCUT2D eigenvalue weighted by atomic mass is 10.1. The number of benzene rings is 1. The van der Waals surface area contributed by atoms with E-state index in [1.807, 2.05) is 30.5 Å². The number of likely N-dealkylation sites (N-methyl/N-ethyl adjacent to an activating group) is 1. The fourth-order valence-corrected chi connectivity index (χ4v) is 2.35. The summed E-state index contributed by atoms with van der Waals surface area (Å²) in [6.07, 6.45) is 2.35. The summed E-state index contributed by atoms with van der Waals surface area (Å²) in [5.74, 6) is 0.0862. The van der Waals surface area contributed by atoms with E-state index in [2.05, 4.69) is 29.0 Å². The molecule has 0 fully saturated rings. The first-order valence-electron chi connectivity index (χ1n) is 7.28. The SMILES string of the molecule is CCN(CC)CCNC(=O)Cc1ccc2cc[nH]c2c1. The lowest BCUT2D eigenvalue weighted by Crippen LogP contribution is -2.35. The zero-order chi connectivity index (χ0) is 14.4. The molecule has 2 aromatic rings. The number of fused-ring (bicyclic) bond motifs is 1. The van der Waals surface area contributed by atoms with Crippen molar-refractivity contribution in [2.75, 3.05) is 26.2 Å². The van der Waals surface area contributed by atoms with Crippen molar-refractivity contribution in [2.45, 2.75) is 20.3 Å². The Hall–Kier alpha value is -1.81. The first-order valence-corrected chi connectivity index (χ1v) is 7.28. The number of aromatic nitrogens is 1. The van der Waals surface area contributed by atoms with Crippen LogP contribution in [-0.4, -0.2) is 42.0 Å². The first-order chi connectivity index (χ1) is 9.72. The normalized spacial score (nSPS) is 11.2. The summed E-state index contributed by atoms with van der Waals surface area (Å²) in [5.41, 5.74) is 2.12. The molecule has 2 N–H and O–H groups in total. The number of amides is 1. The Morgan fingerprint density at radius 3 is 2.80 bits per heavy atom. The number of hydrogen-bond donors (Lipinski definition) is 2. The van der Waals surface area contributed by atoms with Crippen LogP contribution in [-0.2, 0) is 11.2 Å². The second kappa shape index (κ2) is 7.10. The van der Waals surface area contributed by atoms with Gasteiger partial charge in [0, 0.05) is 24.8 Å². The molecule has 1 aromatic heterocycles. The van der Waals surface area contributed by atoms with E-state index in [-0.39, 0.29) is 5.91 Å². The smallest absolute Gasteiger partial charge is 0.224 e. The Morgan fingerprint density at radius 2 is 2.05 bits per heavy atom. The number of carbonyl (C=O) groups is 1. The summed E-state index contributed by atoms with van der Waals surface area (Å²) >= 11 is 0. The van der Waals surface area contributed by atoms with Gasteiger partial charge in [-0.05, 0) is 36.2 Å². The fourth-order valence-electron chi connectivity index (χ4n) is 2.35. The van der Waals surface area contributed by atoms with Gasteiger partial charge in [-0.25, -0.2) is 0 Å². The molecule has 1 amide bonds. The van der Waals surface area contributed by atoms with Crippen molar-refractivity contribution in [1.82, 2.24) is 15.2 Å². The molecule has 0 aliphatic carbocycles. The van der Waals surface area contributed by atoms with Crippen LogP contribution in [0.3, 0.4) is 0 Å². The van der Waals surface area contributed by atoms with Crippen LogP contribution in [0.4, 0.5) is 0 Å². The number of nitrogens with zero attached hydrogens (tertiary/aromatic N) is 1. The minimum atomic E-state index is 0.0862. The number of carbonyl (C=O) groups excluding carboxylic acids is 1. The molecule has 1 aromatic carbocycles. The van der Waals surface area contributed by atoms with Crippen LogP contribution >= 0.6 is 0 Å². The molecule has 0 saturated carbocycles. The van der Waals surface area contributed by atoms with E-state index in [0.717, 1.165) is 30.7 Å². The number of hydrogen-bond acceptors (Lipinski definition) is 2. The maximum Gasteiger partial charge on any atom is 0.224 e. The largest absolute Gasteiger partial charge is 0.361 e. The Bertz CT molecular complexity index is 558. The maximum absolute atomic E-state index is 11.9. The molecule has 0 bridgehead atoms. The maximum atomic E-state index is 11.9. The number of rotatable bonds is 7. The Labute approximate surface area is 120 Å². The van der Waals surface area contributed by atoms with Crippen molar-refractivity contribution in [3.8, 4) is 0 Å². The van der Waals surface area contributed by atoms with Gasteiger partial charge in [-0.15, -0.1) is 0 Å². The molecule has 0 unspecified atom stereocenters. The van der Waals surface area contributed by atoms with Gasteiger partial charge >= 0.3 is 0 Å². The summed E-state index contributed by atoms with van der Waals surface area (Å²) in [6, 6.07) is 8.13. The van der Waals surface area contributed by atoms with Gasteiger partial charge in [0.05, 0.1) is 6.42 Å². The summed E-state index contributed by atoms with van der Waals surface area (Å²) in [6.45, 7) is 7.94. The molecular formula is C16H23N3O. The second-order valence-electron chi connectivity index (χ2n) is 4.95. The van der Waals surface area contributed by atoms with Crippen molar-refractivity contribution in [3.63, 3.8) is 0 Å². The van der Waals surface area contributed by atoms with Gasteiger partial charge < -0.3 is 15.2 Å². The van der Waals surface area contributed by atoms with Gasteiger partial charge in [-0.1, -0.05) is 26.0 Å². The molecule has 2 rings (SSSR count). The predicted octanol–water partition coefficient (Wildman–Crippen LogP) is 2.17. The van der Waals surface area contributed by atoms with Crippen LogP contribution < -0.4 is 5.32 Å². The Morgan fingerprint density at radius 1 is 1.25 bits per heavy atom. The van der Waals surface area contributed by atoms with Gasteiger partial charge in [0.25, 0.3) is 0 Å². The number of nitrogens with one attached hydrogen (secondary N) is 2. The zero-order valence-corrected chi connectivity index (χ0v) is 12.3. The lowest BCUT2D eigenvalue weighted by Gasteiger charge is -2.17. The monoisotopic (exact) mass is 273 g/mol. The number of aromatic amines is 1. The molecular weight excluding hydrogens is 250 g/mol. The third kappa shape index (κ3) is 3.84. The summed E-state index contributed by atoms with van der Waals surface area (Å²) in [7, 11) is 0. The lowest BCUT2D eigenvalue weighted by molar-refractivity contribution is -0.120. The van der Waals surface area contributed by atoms with E-state index in [0.29, 0.717) is 13.0 Å². The molecule has 0 spiro atoms. The van der Waals surface area contributed by atoms with Crippen LogP contribution in [0, 0.1) is 0 Å². The van der Waals surface area contributed by atoms with Crippen LogP contribution in [0.15, 0.2) is 30.5 Å². The van der Waals surface area contributed by atoms with E-state index in [1.54, 1.807) is 0 Å². The minimum Gasteiger partial charge on any atom is -0.361 e. The predicted molar refractivity (Wildman–Crippen MR) is 82.8 cm³/mol. The quantitative estimate of drug-likeness (QED) is 0.812. The molecule has 0 atom stereocenters. The molecule has 1 heterocycles. The highest BCUT2D eigenvalue weighted by Crippen LogP contribution is 2.14. The van der Waals surface area contributed by atoms with E-state index in [1.165, 1.54) is 5.39 Å². The van der Waals surface area contributed by atoms with Crippen molar-refractivity contribution in [1.29, 1.82) is 0 Å². The molecule has 4 heteroatoms. The van der Waals surface area contributed by atoms with E-state index in [4.69, 9.17) is 0 Å². The van der Waals surface area contributed by atoms with Crippen molar-refractivity contribution in [3.05, 3.63) is 36.0 Å². The summed E-state index contributed by atoms with van der Waals surface area (Å²) in [5, 5.41) is 4.16. The minimum absolute atomic E-state index is 0.0862. The van der Waals surface area contributed by atoms with Crippen molar-refractivity contribution >= 4 is 16.8 Å². The molecule has 0 aliphatic rings. The second-order valence-corrected chi connectivity index (χ2v) is 4.95. The molecule has 4 nitrogen and oxygen atoms in total. The van der Waals surface area contributed by atoms with Gasteiger partial charge in [0.1, 0.15) is 0 Å². The average molecular weight is 273 g/mol. The topological polar surface area (TPSA) is 48.1 Å². The van der Waals surface area contributed by atoms with E-state index >= 15 is 0 Å². The molecule has 0 radical (unpaired) electrons. The van der Waals surface area contributed by atoms with Crippen molar-refractivity contribution < 1.29 is 4.79 Å². The highest BCUT2D eigenvalue weighted by molar-refractivity contribution is 5.83. The van der Waals surface area contributed by atoms with Gasteiger partial charge in [0.2, 0.25) is 5.91 Å². The highest BCUT2D eigenvalue weighted by atomic mass is 16.1. The van der Waals surface area contributed by atoms with Crippen LogP contribution in [0.25, 0.3) is 10.9 Å². The Kier molecular flexibility index (Phi) is 5.18. The van der Waals surface area contributed by atoms with Gasteiger partial charge in [0.15, 0.2) is 0 Å². The fraction of sp³-hybridized carbons (Fsp3) is 0.438. The van der Waals surface area contributed by atoms with Crippen LogP contribution in [0.1, 0.15) is 19.4 Å². The zero-order valence-electron chi connectivity index (χ0n) is 12.3. The summed E-state index contributed by atoms with van der Waals surface area (Å²) in [4.78, 5) is 17.4. The Balaban J connectivity index is 1.81. The van der Waals surface area contributed by atoms with E-state index < -0.39 is 0 Å². The average Bonchev–Trinajstić information content (AvgIpc) is 2.91. The third-order valence-electron chi connectivity index (χ3n) is 3.63. The molecule has 108 valence electrons. The first kappa shape index (κ1) is 14.6. The van der Waals surface area contributed by atoms with Gasteiger partial charge in [-0.2, -0.15) is 0 Å². The van der Waals surface area contributed by atoms with Crippen molar-refractivity contribution in [2.24, 2.45) is 0 Å².